The lowest BCUT2D eigenvalue weighted by Gasteiger charge is -2.55. The average molecular weight is 312 g/mol. The van der Waals surface area contributed by atoms with Gasteiger partial charge in [0.25, 0.3) is 0 Å². The summed E-state index contributed by atoms with van der Waals surface area (Å²) in [4.78, 5) is 12.7. The predicted molar refractivity (Wildman–Crippen MR) is 91.0 cm³/mol. The molecule has 1 saturated heterocycles. The number of ether oxygens (including phenoxy) is 3. The molecule has 0 N–H and O–H groups in total. The summed E-state index contributed by atoms with van der Waals surface area (Å²) in [6.07, 6.45) is 2.16. The van der Waals surface area contributed by atoms with Crippen molar-refractivity contribution in [1.29, 1.82) is 0 Å². The molecule has 7 heteroatoms. The second kappa shape index (κ2) is 5.78. The maximum Gasteiger partial charge on any atom is 0.144 e. The minimum Gasteiger partial charge on any atom is -0.380 e. The highest BCUT2D eigenvalue weighted by Gasteiger charge is 2.71. The lowest BCUT2D eigenvalue weighted by Crippen LogP contribution is -2.68. The molecular weight excluding hydrogens is 289 g/mol. The zero-order valence-corrected chi connectivity index (χ0v) is 14.6. The van der Waals surface area contributed by atoms with Gasteiger partial charge in [0.2, 0.25) is 0 Å². The second-order valence-corrected chi connectivity index (χ2v) is 7.53. The molecule has 4 nitrogen and oxygen atoms in total. The molecule has 0 aromatic carbocycles. The monoisotopic (exact) mass is 312 g/mol. The highest BCUT2D eigenvalue weighted by atomic mass is 16.6. The highest BCUT2D eigenvalue weighted by Crippen LogP contribution is 2.59. The van der Waals surface area contributed by atoms with E-state index in [9.17, 15) is 4.79 Å². The molecule has 0 amide bonds. The third-order valence-electron chi connectivity index (χ3n) is 4.82. The Morgan fingerprint density at radius 1 is 1.39 bits per heavy atom. The molecule has 0 aromatic rings. The van der Waals surface area contributed by atoms with Crippen molar-refractivity contribution in [2.45, 2.75) is 56.0 Å². The molecule has 1 saturated carbocycles. The van der Waals surface area contributed by atoms with Crippen LogP contribution in [-0.2, 0) is 19.0 Å². The maximum atomic E-state index is 12.7. The van der Waals surface area contributed by atoms with E-state index in [1.54, 1.807) is 0 Å². The fourth-order valence-corrected chi connectivity index (χ4v) is 3.79. The smallest absolute Gasteiger partial charge is 0.144 e. The number of carbonyl (C=O) groups is 1. The highest BCUT2D eigenvalue weighted by molar-refractivity contribution is 6.55. The van der Waals surface area contributed by atoms with Gasteiger partial charge in [-0.3, -0.25) is 4.79 Å². The molecule has 6 radical (unpaired) electrons. The number of epoxide rings is 1. The molecule has 2 aliphatic rings. The van der Waals surface area contributed by atoms with Gasteiger partial charge >= 0.3 is 0 Å². The number of allylic oxidation sites excluding steroid dienone is 1. The topological polar surface area (TPSA) is 48.1 Å². The van der Waals surface area contributed by atoms with Crippen LogP contribution in [0.5, 0.6) is 0 Å². The van der Waals surface area contributed by atoms with Crippen molar-refractivity contribution in [1.82, 2.24) is 0 Å². The van der Waals surface area contributed by atoms with Gasteiger partial charge in [-0.2, -0.15) is 0 Å². The first-order chi connectivity index (χ1) is 10.4. The number of ketones is 1. The van der Waals surface area contributed by atoms with E-state index >= 15 is 0 Å². The standard InChI is InChI=1S/C16H23B3O4/c1-10(2)6-7-22-13(3,4)11-14(9-23-14)8-15(17,18)12(20)16(11,19)21-5/h6,11H,7-9H2,1-5H3/t11-,14+,16+/m1/s1. The van der Waals surface area contributed by atoms with E-state index in [1.807, 2.05) is 33.8 Å². The SMILES string of the molecule is [B]C1([B])C[C@]2(CO2)[C@@H](C(C)(C)OCC=C(C)C)[C@]([B])(OC)C1=O. The number of Topliss-reactive ketones (excluding diaryl/α,β-unsaturated/α-hetero) is 1. The number of methoxy groups -OCH3 is 1. The lowest BCUT2D eigenvalue weighted by atomic mass is 9.37. The first-order valence-corrected chi connectivity index (χ1v) is 7.79. The van der Waals surface area contributed by atoms with E-state index in [-0.39, 0.29) is 6.42 Å². The molecule has 2 rings (SSSR count). The molecule has 1 aliphatic heterocycles. The lowest BCUT2D eigenvalue weighted by molar-refractivity contribution is -0.174. The van der Waals surface area contributed by atoms with Crippen molar-refractivity contribution in [2.75, 3.05) is 20.3 Å². The van der Waals surface area contributed by atoms with Crippen LogP contribution in [0.1, 0.15) is 34.1 Å². The summed E-state index contributed by atoms with van der Waals surface area (Å²) in [5, 5.41) is -1.58. The molecule has 1 aliphatic carbocycles. The van der Waals surface area contributed by atoms with Crippen molar-refractivity contribution in [3.63, 3.8) is 0 Å². The Morgan fingerprint density at radius 2 is 1.96 bits per heavy atom. The Kier molecular flexibility index (Phi) is 4.73. The molecule has 3 atom stereocenters. The Balaban J connectivity index is 2.37. The summed E-state index contributed by atoms with van der Waals surface area (Å²) in [7, 11) is 19.7. The van der Waals surface area contributed by atoms with Gasteiger partial charge in [0.05, 0.1) is 45.6 Å². The molecule has 1 spiro atoms. The summed E-state index contributed by atoms with van der Waals surface area (Å²) >= 11 is 0. The van der Waals surface area contributed by atoms with Gasteiger partial charge in [-0.05, 0) is 39.3 Å². The number of carbonyl (C=O) groups excluding carboxylic acids is 1. The first kappa shape index (κ1) is 18.8. The van der Waals surface area contributed by atoms with E-state index in [0.29, 0.717) is 13.2 Å². The zero-order valence-electron chi connectivity index (χ0n) is 14.6. The largest absolute Gasteiger partial charge is 0.380 e. The molecule has 0 unspecified atom stereocenters. The molecular formula is C16H23B3O4. The zero-order chi connectivity index (χ0) is 17.7. The van der Waals surface area contributed by atoms with Crippen LogP contribution in [0.2, 0.25) is 5.21 Å². The summed E-state index contributed by atoms with van der Waals surface area (Å²) in [5.74, 6) is -1.05. The first-order valence-electron chi connectivity index (χ1n) is 7.79. The Labute approximate surface area is 142 Å². The molecule has 2 fully saturated rings. The summed E-state index contributed by atoms with van der Waals surface area (Å²) in [6.45, 7) is 8.59. The second-order valence-electron chi connectivity index (χ2n) is 7.53. The van der Waals surface area contributed by atoms with Crippen LogP contribution in [0, 0.1) is 5.92 Å². The fraction of sp³-hybridized carbons (Fsp3) is 0.812. The normalized spacial score (nSPS) is 36.0. The van der Waals surface area contributed by atoms with E-state index in [2.05, 4.69) is 0 Å². The van der Waals surface area contributed by atoms with Crippen molar-refractivity contribution in [2.24, 2.45) is 5.92 Å². The van der Waals surface area contributed by atoms with Crippen LogP contribution >= 0.6 is 0 Å². The minimum absolute atomic E-state index is 0.196. The predicted octanol–water partition coefficient (Wildman–Crippen LogP) is 1.07. The Hall–Kier alpha value is -0.515. The maximum absolute atomic E-state index is 12.7. The van der Waals surface area contributed by atoms with Gasteiger partial charge in [0.1, 0.15) is 13.6 Å². The number of rotatable bonds is 5. The third-order valence-corrected chi connectivity index (χ3v) is 4.82. The average Bonchev–Trinajstić information content (AvgIpc) is 3.14. The van der Waals surface area contributed by atoms with Gasteiger partial charge in [-0.15, -0.1) is 0 Å². The molecule has 0 bridgehead atoms. The summed E-state index contributed by atoms with van der Waals surface area (Å²) < 4.78 is 17.1. The van der Waals surface area contributed by atoms with E-state index in [1.165, 1.54) is 7.11 Å². The van der Waals surface area contributed by atoms with Crippen molar-refractivity contribution in [3.8, 4) is 0 Å². The van der Waals surface area contributed by atoms with Gasteiger partial charge in [0.15, 0.2) is 0 Å². The van der Waals surface area contributed by atoms with Crippen molar-refractivity contribution < 1.29 is 19.0 Å². The van der Waals surface area contributed by atoms with E-state index < -0.39 is 33.6 Å². The van der Waals surface area contributed by atoms with Crippen LogP contribution in [-0.4, -0.2) is 66.3 Å². The van der Waals surface area contributed by atoms with Crippen LogP contribution < -0.4 is 0 Å². The van der Waals surface area contributed by atoms with E-state index in [0.717, 1.165) is 5.57 Å². The number of hydrogen-bond donors (Lipinski definition) is 0. The Bertz CT molecular complexity index is 521. The molecule has 120 valence electrons. The molecule has 0 aromatic heterocycles. The van der Waals surface area contributed by atoms with Crippen LogP contribution in [0.15, 0.2) is 11.6 Å². The van der Waals surface area contributed by atoms with Crippen LogP contribution in [0.4, 0.5) is 0 Å². The van der Waals surface area contributed by atoms with Crippen molar-refractivity contribution >= 4 is 29.3 Å². The van der Waals surface area contributed by atoms with Gasteiger partial charge in [-0.1, -0.05) is 11.6 Å². The van der Waals surface area contributed by atoms with Crippen LogP contribution in [0.3, 0.4) is 0 Å². The van der Waals surface area contributed by atoms with Gasteiger partial charge < -0.3 is 14.2 Å². The summed E-state index contributed by atoms with van der Waals surface area (Å²) in [5.41, 5.74) is -1.98. The molecule has 23 heavy (non-hydrogen) atoms. The molecule has 1 heterocycles. The third kappa shape index (κ3) is 3.20. The Morgan fingerprint density at radius 3 is 2.39 bits per heavy atom. The van der Waals surface area contributed by atoms with Crippen LogP contribution in [0.25, 0.3) is 0 Å². The van der Waals surface area contributed by atoms with Gasteiger partial charge in [0, 0.05) is 13.0 Å². The van der Waals surface area contributed by atoms with Crippen molar-refractivity contribution in [3.05, 3.63) is 11.6 Å². The summed E-state index contributed by atoms with van der Waals surface area (Å²) in [6, 6.07) is 0. The van der Waals surface area contributed by atoms with E-state index in [4.69, 9.17) is 37.7 Å². The fourth-order valence-electron chi connectivity index (χ4n) is 3.79. The van der Waals surface area contributed by atoms with Gasteiger partial charge in [-0.25, -0.2) is 0 Å². The minimum atomic E-state index is -1.66. The number of hydrogen-bond acceptors (Lipinski definition) is 4. The quantitative estimate of drug-likeness (QED) is 0.433.